The minimum Gasteiger partial charge on any atom is -0.481 e. The van der Waals surface area contributed by atoms with E-state index in [1.54, 1.807) is 4.90 Å². The first-order chi connectivity index (χ1) is 10.5. The summed E-state index contributed by atoms with van der Waals surface area (Å²) in [5.41, 5.74) is 2.27. The van der Waals surface area contributed by atoms with Gasteiger partial charge in [-0.3, -0.25) is 9.59 Å². The summed E-state index contributed by atoms with van der Waals surface area (Å²) in [6.45, 7) is 4.52. The molecular weight excluding hydrogens is 278 g/mol. The van der Waals surface area contributed by atoms with Gasteiger partial charge in [0, 0.05) is 19.0 Å². The molecule has 1 fully saturated rings. The molecule has 0 aromatic heterocycles. The second kappa shape index (κ2) is 7.25. The molecule has 1 amide bonds. The number of benzene rings is 1. The van der Waals surface area contributed by atoms with Crippen molar-refractivity contribution >= 4 is 18.0 Å². The number of amides is 1. The molecule has 2 atom stereocenters. The van der Waals surface area contributed by atoms with Crippen LogP contribution < -0.4 is 0 Å². The van der Waals surface area contributed by atoms with Crippen LogP contribution in [0.15, 0.2) is 30.3 Å². The number of carboxylic acid groups (broad SMARTS) is 1. The fourth-order valence-corrected chi connectivity index (χ4v) is 2.92. The third-order valence-corrected chi connectivity index (χ3v) is 4.31. The van der Waals surface area contributed by atoms with E-state index in [4.69, 9.17) is 0 Å². The van der Waals surface area contributed by atoms with Crippen molar-refractivity contribution in [1.29, 1.82) is 0 Å². The van der Waals surface area contributed by atoms with E-state index in [0.29, 0.717) is 19.4 Å². The predicted octanol–water partition coefficient (Wildman–Crippen LogP) is 3.11. The van der Waals surface area contributed by atoms with Crippen LogP contribution in [-0.4, -0.2) is 34.5 Å². The van der Waals surface area contributed by atoms with Gasteiger partial charge in [0.15, 0.2) is 0 Å². The molecule has 0 bridgehead atoms. The first kappa shape index (κ1) is 16.3. The van der Waals surface area contributed by atoms with E-state index in [9.17, 15) is 14.7 Å². The molecule has 1 aliphatic rings. The number of hydrogen-bond donors (Lipinski definition) is 1. The lowest BCUT2D eigenvalue weighted by molar-refractivity contribution is -0.148. The van der Waals surface area contributed by atoms with Gasteiger partial charge in [0.1, 0.15) is 0 Å². The van der Waals surface area contributed by atoms with Gasteiger partial charge < -0.3 is 10.0 Å². The summed E-state index contributed by atoms with van der Waals surface area (Å²) in [6.07, 6.45) is 5.50. The SMILES string of the molecule is Cc1ccc(/C=C/CC(=O)N2CCC[C@@H](C(=O)O)[C@H]2C)cc1. The molecule has 22 heavy (non-hydrogen) atoms. The highest BCUT2D eigenvalue weighted by molar-refractivity contribution is 5.80. The number of carbonyl (C=O) groups is 2. The molecule has 0 saturated carbocycles. The molecule has 1 aliphatic heterocycles. The van der Waals surface area contributed by atoms with Crippen molar-refractivity contribution in [2.75, 3.05) is 6.54 Å². The van der Waals surface area contributed by atoms with Crippen molar-refractivity contribution in [2.45, 2.75) is 39.2 Å². The Kier molecular flexibility index (Phi) is 5.36. The van der Waals surface area contributed by atoms with Gasteiger partial charge >= 0.3 is 5.97 Å². The monoisotopic (exact) mass is 301 g/mol. The highest BCUT2D eigenvalue weighted by Gasteiger charge is 2.34. The van der Waals surface area contributed by atoms with E-state index in [2.05, 4.69) is 0 Å². The molecule has 1 aromatic carbocycles. The van der Waals surface area contributed by atoms with Crippen molar-refractivity contribution in [3.05, 3.63) is 41.5 Å². The van der Waals surface area contributed by atoms with Gasteiger partial charge in [-0.25, -0.2) is 0 Å². The molecule has 1 N–H and O–H groups in total. The summed E-state index contributed by atoms with van der Waals surface area (Å²) >= 11 is 0. The van der Waals surface area contributed by atoms with Crippen molar-refractivity contribution in [1.82, 2.24) is 4.90 Å². The maximum absolute atomic E-state index is 12.3. The van der Waals surface area contributed by atoms with Crippen molar-refractivity contribution < 1.29 is 14.7 Å². The molecule has 2 rings (SSSR count). The second-order valence-corrected chi connectivity index (χ2v) is 5.93. The number of piperidine rings is 1. The van der Waals surface area contributed by atoms with Gasteiger partial charge in [-0.2, -0.15) is 0 Å². The van der Waals surface area contributed by atoms with Gasteiger partial charge in [0.25, 0.3) is 0 Å². The van der Waals surface area contributed by atoms with E-state index in [0.717, 1.165) is 12.0 Å². The Morgan fingerprint density at radius 3 is 2.64 bits per heavy atom. The van der Waals surface area contributed by atoms with Crippen LogP contribution in [0.4, 0.5) is 0 Å². The summed E-state index contributed by atoms with van der Waals surface area (Å²) in [6, 6.07) is 7.87. The molecule has 1 aromatic rings. The van der Waals surface area contributed by atoms with E-state index in [-0.39, 0.29) is 11.9 Å². The fourth-order valence-electron chi connectivity index (χ4n) is 2.92. The molecule has 4 nitrogen and oxygen atoms in total. The Morgan fingerprint density at radius 2 is 2.00 bits per heavy atom. The number of rotatable bonds is 4. The highest BCUT2D eigenvalue weighted by atomic mass is 16.4. The van der Waals surface area contributed by atoms with Gasteiger partial charge in [-0.15, -0.1) is 0 Å². The normalized spacial score (nSPS) is 22.0. The Hall–Kier alpha value is -2.10. The standard InChI is InChI=1S/C18H23NO3/c1-13-8-10-15(11-9-13)5-3-7-17(20)19-12-4-6-16(14(19)2)18(21)22/h3,5,8-11,14,16H,4,6-7,12H2,1-2H3,(H,21,22)/b5-3+/t14-,16-/m1/s1. The highest BCUT2D eigenvalue weighted by Crippen LogP contribution is 2.24. The summed E-state index contributed by atoms with van der Waals surface area (Å²) in [4.78, 5) is 25.2. The van der Waals surface area contributed by atoms with Crippen LogP contribution in [0.25, 0.3) is 6.08 Å². The summed E-state index contributed by atoms with van der Waals surface area (Å²) < 4.78 is 0. The van der Waals surface area contributed by atoms with E-state index in [1.807, 2.05) is 50.3 Å². The van der Waals surface area contributed by atoms with Gasteiger partial charge in [0.05, 0.1) is 5.92 Å². The molecule has 118 valence electrons. The number of hydrogen-bond acceptors (Lipinski definition) is 2. The Morgan fingerprint density at radius 1 is 1.32 bits per heavy atom. The lowest BCUT2D eigenvalue weighted by Crippen LogP contribution is -2.48. The zero-order valence-electron chi connectivity index (χ0n) is 13.2. The van der Waals surface area contributed by atoms with E-state index < -0.39 is 11.9 Å². The topological polar surface area (TPSA) is 57.6 Å². The van der Waals surface area contributed by atoms with Gasteiger partial charge in [-0.05, 0) is 32.3 Å². The van der Waals surface area contributed by atoms with Crippen LogP contribution >= 0.6 is 0 Å². The van der Waals surface area contributed by atoms with Crippen LogP contribution in [0.2, 0.25) is 0 Å². The molecule has 1 saturated heterocycles. The lowest BCUT2D eigenvalue weighted by atomic mass is 9.90. The third-order valence-electron chi connectivity index (χ3n) is 4.31. The zero-order valence-corrected chi connectivity index (χ0v) is 13.2. The van der Waals surface area contributed by atoms with Gasteiger partial charge in [0.2, 0.25) is 5.91 Å². The Labute approximate surface area is 131 Å². The number of carboxylic acids is 1. The first-order valence-electron chi connectivity index (χ1n) is 7.74. The quantitative estimate of drug-likeness (QED) is 0.929. The first-order valence-corrected chi connectivity index (χ1v) is 7.74. The summed E-state index contributed by atoms with van der Waals surface area (Å²) in [5.74, 6) is -1.25. The average molecular weight is 301 g/mol. The van der Waals surface area contributed by atoms with Crippen molar-refractivity contribution in [3.63, 3.8) is 0 Å². The predicted molar refractivity (Wildman–Crippen MR) is 86.4 cm³/mol. The number of nitrogens with zero attached hydrogens (tertiary/aromatic N) is 1. The van der Waals surface area contributed by atoms with Crippen molar-refractivity contribution in [3.8, 4) is 0 Å². The van der Waals surface area contributed by atoms with E-state index >= 15 is 0 Å². The van der Waals surface area contributed by atoms with Crippen LogP contribution in [0.1, 0.15) is 37.3 Å². The average Bonchev–Trinajstić information content (AvgIpc) is 2.49. The van der Waals surface area contributed by atoms with E-state index in [1.165, 1.54) is 5.56 Å². The number of carbonyl (C=O) groups excluding carboxylic acids is 1. The maximum Gasteiger partial charge on any atom is 0.308 e. The van der Waals surface area contributed by atoms with Crippen LogP contribution in [0.5, 0.6) is 0 Å². The summed E-state index contributed by atoms with van der Waals surface area (Å²) in [5, 5.41) is 9.20. The minimum absolute atomic E-state index is 0.00168. The van der Waals surface area contributed by atoms with Crippen molar-refractivity contribution in [2.24, 2.45) is 5.92 Å². The minimum atomic E-state index is -0.805. The smallest absolute Gasteiger partial charge is 0.308 e. The molecule has 1 heterocycles. The van der Waals surface area contributed by atoms with Gasteiger partial charge in [-0.1, -0.05) is 42.0 Å². The summed E-state index contributed by atoms with van der Waals surface area (Å²) in [7, 11) is 0. The fraction of sp³-hybridized carbons (Fsp3) is 0.444. The maximum atomic E-state index is 12.3. The third kappa shape index (κ3) is 3.97. The molecule has 0 radical (unpaired) electrons. The number of likely N-dealkylation sites (tertiary alicyclic amines) is 1. The molecule has 0 unspecified atom stereocenters. The Balaban J connectivity index is 1.94. The van der Waals surface area contributed by atoms with Crippen LogP contribution in [0.3, 0.4) is 0 Å². The molecule has 0 aliphatic carbocycles. The number of aryl methyl sites for hydroxylation is 1. The largest absolute Gasteiger partial charge is 0.481 e. The zero-order chi connectivity index (χ0) is 16.1. The van der Waals surface area contributed by atoms with Crippen LogP contribution in [-0.2, 0) is 9.59 Å². The number of aliphatic carboxylic acids is 1. The molecular formula is C18H23NO3. The second-order valence-electron chi connectivity index (χ2n) is 5.93. The van der Waals surface area contributed by atoms with Crippen LogP contribution in [0, 0.1) is 12.8 Å². The molecule has 4 heteroatoms. The molecule has 0 spiro atoms. The Bertz CT molecular complexity index is 562. The lowest BCUT2D eigenvalue weighted by Gasteiger charge is -2.37.